The Bertz CT molecular complexity index is 1370. The van der Waals surface area contributed by atoms with Crippen molar-refractivity contribution in [3.05, 3.63) is 76.3 Å². The minimum absolute atomic E-state index is 0.0327. The summed E-state index contributed by atoms with van der Waals surface area (Å²) in [4.78, 5) is 32.7. The molecular formula is C25H24N4O3. The maximum Gasteiger partial charge on any atom is 0.258 e. The maximum atomic E-state index is 13.3. The van der Waals surface area contributed by atoms with E-state index in [1.165, 1.54) is 10.6 Å². The van der Waals surface area contributed by atoms with Gasteiger partial charge >= 0.3 is 0 Å². The van der Waals surface area contributed by atoms with E-state index in [9.17, 15) is 9.59 Å². The van der Waals surface area contributed by atoms with E-state index in [2.05, 4.69) is 16.2 Å². The molecule has 0 N–H and O–H groups in total. The Morgan fingerprint density at radius 1 is 1.12 bits per heavy atom. The van der Waals surface area contributed by atoms with Crippen LogP contribution in [0.1, 0.15) is 37.6 Å². The van der Waals surface area contributed by atoms with Crippen molar-refractivity contribution in [2.45, 2.75) is 39.2 Å². The number of para-hydroxylation sites is 2. The molecule has 7 heteroatoms. The lowest BCUT2D eigenvalue weighted by Gasteiger charge is -2.29. The normalized spacial score (nSPS) is 13.5. The third kappa shape index (κ3) is 3.49. The number of carbonyl (C=O) groups is 1. The van der Waals surface area contributed by atoms with Gasteiger partial charge in [-0.3, -0.25) is 14.2 Å². The highest BCUT2D eigenvalue weighted by Crippen LogP contribution is 2.29. The summed E-state index contributed by atoms with van der Waals surface area (Å²) in [5, 5.41) is 4.82. The predicted molar refractivity (Wildman–Crippen MR) is 123 cm³/mol. The van der Waals surface area contributed by atoms with Crippen LogP contribution in [0.25, 0.3) is 22.4 Å². The molecule has 0 atom stereocenters. The van der Waals surface area contributed by atoms with Crippen molar-refractivity contribution in [1.82, 2.24) is 14.7 Å². The quantitative estimate of drug-likeness (QED) is 0.488. The topological polar surface area (TPSA) is 81.2 Å². The molecule has 0 unspecified atom stereocenters. The molecule has 0 spiro atoms. The second-order valence-corrected chi connectivity index (χ2v) is 8.39. The molecule has 1 aliphatic heterocycles. The smallest absolute Gasteiger partial charge is 0.258 e. The van der Waals surface area contributed by atoms with Gasteiger partial charge in [0, 0.05) is 29.6 Å². The van der Waals surface area contributed by atoms with E-state index in [-0.39, 0.29) is 23.9 Å². The minimum Gasteiger partial charge on any atom is -0.334 e. The van der Waals surface area contributed by atoms with Crippen molar-refractivity contribution in [2.24, 2.45) is 0 Å². The van der Waals surface area contributed by atoms with Crippen LogP contribution < -0.4 is 10.5 Å². The largest absolute Gasteiger partial charge is 0.334 e. The molecule has 0 saturated carbocycles. The molecular weight excluding hydrogens is 404 g/mol. The summed E-state index contributed by atoms with van der Waals surface area (Å²) in [7, 11) is 0. The Morgan fingerprint density at radius 2 is 1.91 bits per heavy atom. The number of anilines is 1. The second kappa shape index (κ2) is 8.07. The number of hydrogen-bond donors (Lipinski definition) is 0. The molecule has 7 nitrogen and oxygen atoms in total. The van der Waals surface area contributed by atoms with Gasteiger partial charge in [0.05, 0.1) is 11.1 Å². The van der Waals surface area contributed by atoms with E-state index in [1.54, 1.807) is 4.90 Å². The standard InChI is InChI=1S/C25H24N4O3/c1-16(2)24-26-25(32-27-24)19-14-22(30)29(21-12-6-4-10-18(19)21)15-23(31)28-13-7-9-17-8-3-5-11-20(17)28/h3-6,8,10-12,14,16H,7,9,13,15H2,1-2H3. The summed E-state index contributed by atoms with van der Waals surface area (Å²) >= 11 is 0. The van der Waals surface area contributed by atoms with E-state index < -0.39 is 0 Å². The molecule has 1 aliphatic rings. The Kier molecular flexibility index (Phi) is 5.09. The summed E-state index contributed by atoms with van der Waals surface area (Å²) in [6.07, 6.45) is 1.87. The maximum absolute atomic E-state index is 13.3. The van der Waals surface area contributed by atoms with E-state index in [0.29, 0.717) is 29.3 Å². The average molecular weight is 428 g/mol. The molecule has 0 radical (unpaired) electrons. The lowest BCUT2D eigenvalue weighted by molar-refractivity contribution is -0.119. The van der Waals surface area contributed by atoms with Gasteiger partial charge < -0.3 is 9.42 Å². The third-order valence-electron chi connectivity index (χ3n) is 5.91. The molecule has 162 valence electrons. The van der Waals surface area contributed by atoms with Crippen LogP contribution in [0.5, 0.6) is 0 Å². The lowest BCUT2D eigenvalue weighted by atomic mass is 10.0. The summed E-state index contributed by atoms with van der Waals surface area (Å²) in [6.45, 7) is 4.58. The molecule has 32 heavy (non-hydrogen) atoms. The second-order valence-electron chi connectivity index (χ2n) is 8.39. The number of nitrogens with zero attached hydrogens (tertiary/aromatic N) is 4. The van der Waals surface area contributed by atoms with Crippen LogP contribution in [0.3, 0.4) is 0 Å². The monoisotopic (exact) mass is 428 g/mol. The van der Waals surface area contributed by atoms with Crippen molar-refractivity contribution in [3.8, 4) is 11.5 Å². The number of rotatable bonds is 4. The Balaban J connectivity index is 1.55. The zero-order valence-corrected chi connectivity index (χ0v) is 18.1. The number of hydrogen-bond acceptors (Lipinski definition) is 5. The molecule has 0 fully saturated rings. The van der Waals surface area contributed by atoms with Crippen molar-refractivity contribution in [3.63, 3.8) is 0 Å². The first-order chi connectivity index (χ1) is 15.5. The molecule has 5 rings (SSSR count). The Labute approximate surface area is 185 Å². The molecule has 2 aromatic heterocycles. The molecule has 0 aliphatic carbocycles. The molecule has 2 aromatic carbocycles. The summed E-state index contributed by atoms with van der Waals surface area (Å²) in [5.41, 5.74) is 3.07. The molecule has 0 bridgehead atoms. The summed E-state index contributed by atoms with van der Waals surface area (Å²) < 4.78 is 6.97. The van der Waals surface area contributed by atoms with Crippen LogP contribution in [0.15, 0.2) is 63.9 Å². The Morgan fingerprint density at radius 3 is 2.72 bits per heavy atom. The number of carbonyl (C=O) groups excluding carboxylic acids is 1. The third-order valence-corrected chi connectivity index (χ3v) is 5.91. The summed E-state index contributed by atoms with van der Waals surface area (Å²) in [6, 6.07) is 16.9. The average Bonchev–Trinajstić information content (AvgIpc) is 3.31. The SMILES string of the molecule is CC(C)c1noc(-c2cc(=O)n(CC(=O)N3CCCc4ccccc43)c3ccccc23)n1. The number of pyridine rings is 1. The molecule has 4 aromatic rings. The van der Waals surface area contributed by atoms with Crippen LogP contribution in [-0.4, -0.2) is 27.2 Å². The highest BCUT2D eigenvalue weighted by Gasteiger charge is 2.24. The van der Waals surface area contributed by atoms with Crippen LogP contribution in [0.4, 0.5) is 5.69 Å². The number of benzene rings is 2. The number of aryl methyl sites for hydroxylation is 1. The van der Waals surface area contributed by atoms with Gasteiger partial charge in [0.2, 0.25) is 5.91 Å². The zero-order valence-electron chi connectivity index (χ0n) is 18.1. The highest BCUT2D eigenvalue weighted by molar-refractivity contribution is 5.97. The fourth-order valence-electron chi connectivity index (χ4n) is 4.27. The van der Waals surface area contributed by atoms with Gasteiger partial charge in [-0.15, -0.1) is 0 Å². The van der Waals surface area contributed by atoms with E-state index in [1.807, 2.05) is 56.3 Å². The molecule has 0 saturated heterocycles. The van der Waals surface area contributed by atoms with Gasteiger partial charge in [0.15, 0.2) is 5.82 Å². The van der Waals surface area contributed by atoms with Gasteiger partial charge in [0.25, 0.3) is 11.4 Å². The number of aromatic nitrogens is 3. The molecule has 3 heterocycles. The summed E-state index contributed by atoms with van der Waals surface area (Å²) in [5.74, 6) is 0.916. The van der Waals surface area contributed by atoms with Gasteiger partial charge in [-0.05, 0) is 30.5 Å². The van der Waals surface area contributed by atoms with Gasteiger partial charge in [-0.2, -0.15) is 4.98 Å². The van der Waals surface area contributed by atoms with Gasteiger partial charge in [-0.1, -0.05) is 55.4 Å². The highest BCUT2D eigenvalue weighted by atomic mass is 16.5. The van der Waals surface area contributed by atoms with Crippen molar-refractivity contribution in [1.29, 1.82) is 0 Å². The van der Waals surface area contributed by atoms with Crippen molar-refractivity contribution in [2.75, 3.05) is 11.4 Å². The van der Waals surface area contributed by atoms with Crippen LogP contribution in [0.2, 0.25) is 0 Å². The minimum atomic E-state index is -0.276. The van der Waals surface area contributed by atoms with Gasteiger partial charge in [0.1, 0.15) is 6.54 Å². The first-order valence-corrected chi connectivity index (χ1v) is 10.9. The van der Waals surface area contributed by atoms with Gasteiger partial charge in [-0.25, -0.2) is 0 Å². The van der Waals surface area contributed by atoms with Crippen molar-refractivity contribution < 1.29 is 9.32 Å². The van der Waals surface area contributed by atoms with Crippen LogP contribution in [-0.2, 0) is 17.8 Å². The molecule has 1 amide bonds. The predicted octanol–water partition coefficient (Wildman–Crippen LogP) is 4.15. The van der Waals surface area contributed by atoms with Crippen LogP contribution >= 0.6 is 0 Å². The van der Waals surface area contributed by atoms with E-state index in [0.717, 1.165) is 29.5 Å². The van der Waals surface area contributed by atoms with Crippen LogP contribution in [0, 0.1) is 0 Å². The number of fused-ring (bicyclic) bond motifs is 2. The first kappa shape index (κ1) is 20.2. The van der Waals surface area contributed by atoms with E-state index in [4.69, 9.17) is 4.52 Å². The lowest BCUT2D eigenvalue weighted by Crippen LogP contribution is -2.39. The Hall–Kier alpha value is -3.74. The fraction of sp³-hybridized carbons (Fsp3) is 0.280. The van der Waals surface area contributed by atoms with Crippen molar-refractivity contribution >= 4 is 22.5 Å². The fourth-order valence-corrected chi connectivity index (χ4v) is 4.27. The zero-order chi connectivity index (χ0) is 22.2. The first-order valence-electron chi connectivity index (χ1n) is 10.9. The van der Waals surface area contributed by atoms with E-state index >= 15 is 0 Å². The number of amides is 1.